The molecule has 0 aliphatic rings. The molecule has 0 saturated carbocycles. The van der Waals surface area contributed by atoms with Crippen LogP contribution in [0.3, 0.4) is 0 Å². The lowest BCUT2D eigenvalue weighted by Crippen LogP contribution is -1.87. The summed E-state index contributed by atoms with van der Waals surface area (Å²) in [6.45, 7) is 2.27. The summed E-state index contributed by atoms with van der Waals surface area (Å²) < 4.78 is 0. The summed E-state index contributed by atoms with van der Waals surface area (Å²) in [5.74, 6) is 0. The molecule has 0 amide bonds. The zero-order valence-corrected chi connectivity index (χ0v) is 12.7. The first-order chi connectivity index (χ1) is 7.84. The van der Waals surface area contributed by atoms with Gasteiger partial charge < -0.3 is 0 Å². The van der Waals surface area contributed by atoms with Crippen molar-refractivity contribution < 1.29 is 0 Å². The maximum absolute atomic E-state index is 3.77. The molecule has 0 spiro atoms. The van der Waals surface area contributed by atoms with Gasteiger partial charge in [0.2, 0.25) is 0 Å². The van der Waals surface area contributed by atoms with Crippen molar-refractivity contribution in [3.8, 4) is 0 Å². The van der Waals surface area contributed by atoms with E-state index in [2.05, 4.69) is 40.4 Å². The Bertz CT molecular complexity index is 243. The van der Waals surface area contributed by atoms with Gasteiger partial charge in [-0.05, 0) is 17.9 Å². The molecule has 1 atom stereocenters. The zero-order valence-electron chi connectivity index (χ0n) is 10.3. The maximum Gasteiger partial charge on any atom is 0.0489 e. The Kier molecular flexibility index (Phi) is 8.22. The van der Waals surface area contributed by atoms with Crippen LogP contribution in [0.2, 0.25) is 0 Å². The van der Waals surface area contributed by atoms with Gasteiger partial charge in [0.05, 0.1) is 0 Å². The summed E-state index contributed by atoms with van der Waals surface area (Å²) in [6, 6.07) is 4.37. The Morgan fingerprint density at radius 3 is 2.44 bits per heavy atom. The van der Waals surface area contributed by atoms with Crippen LogP contribution in [0.25, 0.3) is 0 Å². The first-order valence-corrected chi connectivity index (χ1v) is 8.31. The van der Waals surface area contributed by atoms with E-state index < -0.39 is 0 Å². The minimum absolute atomic E-state index is 0.586. The Morgan fingerprint density at radius 1 is 1.12 bits per heavy atom. The number of halogens is 1. The van der Waals surface area contributed by atoms with Crippen molar-refractivity contribution in [2.24, 2.45) is 0 Å². The van der Waals surface area contributed by atoms with Crippen LogP contribution in [-0.2, 0) is 0 Å². The normalized spacial score (nSPS) is 12.9. The highest BCUT2D eigenvalue weighted by Gasteiger charge is 2.07. The van der Waals surface area contributed by atoms with Crippen LogP contribution in [0.15, 0.2) is 17.5 Å². The van der Waals surface area contributed by atoms with Crippen molar-refractivity contribution >= 4 is 27.3 Å². The number of hydrogen-bond donors (Lipinski definition) is 0. The molecule has 16 heavy (non-hydrogen) atoms. The average molecular weight is 303 g/mol. The Morgan fingerprint density at radius 2 is 1.81 bits per heavy atom. The summed E-state index contributed by atoms with van der Waals surface area (Å²) in [5, 5.41) is 2.16. The van der Waals surface area contributed by atoms with E-state index in [0.29, 0.717) is 4.83 Å². The van der Waals surface area contributed by atoms with Gasteiger partial charge in [-0.1, -0.05) is 73.9 Å². The van der Waals surface area contributed by atoms with Crippen molar-refractivity contribution in [3.05, 3.63) is 22.4 Å². The fourth-order valence-electron chi connectivity index (χ4n) is 1.89. The van der Waals surface area contributed by atoms with E-state index in [1.807, 2.05) is 11.3 Å². The third kappa shape index (κ3) is 6.05. The molecule has 1 rings (SSSR count). The third-order valence-corrected chi connectivity index (χ3v) is 5.15. The molecule has 1 heterocycles. The van der Waals surface area contributed by atoms with Crippen molar-refractivity contribution in [2.75, 3.05) is 0 Å². The average Bonchev–Trinajstić information content (AvgIpc) is 2.81. The van der Waals surface area contributed by atoms with Gasteiger partial charge in [0.1, 0.15) is 0 Å². The second-order valence-corrected chi connectivity index (χ2v) is 6.48. The van der Waals surface area contributed by atoms with Crippen LogP contribution in [0, 0.1) is 0 Å². The highest BCUT2D eigenvalue weighted by Crippen LogP contribution is 2.31. The Hall–Kier alpha value is 0.180. The molecule has 0 radical (unpaired) electrons. The minimum atomic E-state index is 0.586. The van der Waals surface area contributed by atoms with E-state index in [1.165, 1.54) is 56.2 Å². The largest absolute Gasteiger partial charge is 0.148 e. The van der Waals surface area contributed by atoms with Gasteiger partial charge in [0.15, 0.2) is 0 Å². The quantitative estimate of drug-likeness (QED) is 0.369. The van der Waals surface area contributed by atoms with Gasteiger partial charge in [-0.15, -0.1) is 11.3 Å². The molecule has 0 fully saturated rings. The Balaban J connectivity index is 1.95. The third-order valence-electron chi connectivity index (χ3n) is 2.91. The molecule has 1 aromatic heterocycles. The highest BCUT2D eigenvalue weighted by molar-refractivity contribution is 9.09. The van der Waals surface area contributed by atoms with Gasteiger partial charge in [0, 0.05) is 9.70 Å². The SMILES string of the molecule is CCCCCCCCCC(Br)c1cccs1. The molecule has 0 N–H and O–H groups in total. The van der Waals surface area contributed by atoms with Gasteiger partial charge in [-0.2, -0.15) is 0 Å². The van der Waals surface area contributed by atoms with Crippen LogP contribution < -0.4 is 0 Å². The van der Waals surface area contributed by atoms with Crippen molar-refractivity contribution in [1.82, 2.24) is 0 Å². The molecule has 0 nitrogen and oxygen atoms in total. The predicted octanol–water partition coefficient (Wildman–Crippen LogP) is 6.32. The molecule has 0 aliphatic heterocycles. The van der Waals surface area contributed by atoms with Gasteiger partial charge in [-0.25, -0.2) is 0 Å². The predicted molar refractivity (Wildman–Crippen MR) is 78.6 cm³/mol. The smallest absolute Gasteiger partial charge is 0.0489 e. The number of rotatable bonds is 9. The summed E-state index contributed by atoms with van der Waals surface area (Å²) >= 11 is 5.63. The molecule has 2 heteroatoms. The number of thiophene rings is 1. The van der Waals surface area contributed by atoms with E-state index in [4.69, 9.17) is 0 Å². The van der Waals surface area contributed by atoms with E-state index in [0.717, 1.165) is 0 Å². The van der Waals surface area contributed by atoms with Gasteiger partial charge >= 0.3 is 0 Å². The lowest BCUT2D eigenvalue weighted by molar-refractivity contribution is 0.575. The minimum Gasteiger partial charge on any atom is -0.148 e. The molecule has 0 saturated heterocycles. The summed E-state index contributed by atoms with van der Waals surface area (Å²) in [7, 11) is 0. The fourth-order valence-corrected chi connectivity index (χ4v) is 3.43. The number of unbranched alkanes of at least 4 members (excludes halogenated alkanes) is 6. The monoisotopic (exact) mass is 302 g/mol. The van der Waals surface area contributed by atoms with Crippen LogP contribution in [0.4, 0.5) is 0 Å². The molecule has 0 bridgehead atoms. The molecule has 0 aliphatic carbocycles. The van der Waals surface area contributed by atoms with Crippen LogP contribution >= 0.6 is 27.3 Å². The van der Waals surface area contributed by atoms with Crippen molar-refractivity contribution in [2.45, 2.75) is 63.1 Å². The van der Waals surface area contributed by atoms with E-state index in [-0.39, 0.29) is 0 Å². The first kappa shape index (κ1) is 14.2. The first-order valence-electron chi connectivity index (χ1n) is 6.52. The van der Waals surface area contributed by atoms with Crippen molar-refractivity contribution in [3.63, 3.8) is 0 Å². The Labute approximate surface area is 113 Å². The van der Waals surface area contributed by atoms with E-state index in [9.17, 15) is 0 Å². The van der Waals surface area contributed by atoms with Crippen LogP contribution in [-0.4, -0.2) is 0 Å². The van der Waals surface area contributed by atoms with Crippen LogP contribution in [0.1, 0.15) is 68.0 Å². The van der Waals surface area contributed by atoms with E-state index >= 15 is 0 Å². The fraction of sp³-hybridized carbons (Fsp3) is 0.714. The lowest BCUT2D eigenvalue weighted by Gasteiger charge is -2.07. The molecule has 92 valence electrons. The van der Waals surface area contributed by atoms with E-state index in [1.54, 1.807) is 0 Å². The second kappa shape index (κ2) is 9.23. The standard InChI is InChI=1S/C14H23BrS/c1-2-3-4-5-6-7-8-10-13(15)14-11-9-12-16-14/h9,11-13H,2-8,10H2,1H3. The maximum atomic E-state index is 3.77. The second-order valence-electron chi connectivity index (χ2n) is 4.39. The molecular weight excluding hydrogens is 280 g/mol. The van der Waals surface area contributed by atoms with Gasteiger partial charge in [0.25, 0.3) is 0 Å². The molecular formula is C14H23BrS. The zero-order chi connectivity index (χ0) is 11.6. The van der Waals surface area contributed by atoms with Crippen molar-refractivity contribution in [1.29, 1.82) is 0 Å². The summed E-state index contributed by atoms with van der Waals surface area (Å²) in [6.07, 6.45) is 11.1. The number of hydrogen-bond acceptors (Lipinski definition) is 1. The summed E-state index contributed by atoms with van der Waals surface area (Å²) in [4.78, 5) is 2.06. The summed E-state index contributed by atoms with van der Waals surface area (Å²) in [5.41, 5.74) is 0. The highest BCUT2D eigenvalue weighted by atomic mass is 79.9. The molecule has 0 aromatic carbocycles. The number of alkyl halides is 1. The lowest BCUT2D eigenvalue weighted by atomic mass is 10.1. The topological polar surface area (TPSA) is 0 Å². The van der Waals surface area contributed by atoms with Crippen LogP contribution in [0.5, 0.6) is 0 Å². The van der Waals surface area contributed by atoms with Gasteiger partial charge in [-0.3, -0.25) is 0 Å². The molecule has 1 unspecified atom stereocenters. The molecule has 1 aromatic rings.